The number of hydrogen-bond donors (Lipinski definition) is 0. The quantitative estimate of drug-likeness (QED) is 0.542. The number of carbonyl (C=O) groups excluding carboxylic acids is 5. The lowest BCUT2D eigenvalue weighted by Gasteiger charge is -2.06. The van der Waals surface area contributed by atoms with Gasteiger partial charge in [-0.25, -0.2) is 19.2 Å². The fourth-order valence-electron chi connectivity index (χ4n) is 2.77. The van der Waals surface area contributed by atoms with Crippen molar-refractivity contribution in [1.82, 2.24) is 0 Å². The number of hydrogen-bond acceptors (Lipinski definition) is 7. The van der Waals surface area contributed by atoms with E-state index in [1.807, 2.05) is 0 Å². The van der Waals surface area contributed by atoms with E-state index in [2.05, 4.69) is 20.0 Å². The molecule has 11 heteroatoms. The van der Waals surface area contributed by atoms with E-state index in [0.29, 0.717) is 10.7 Å². The molecule has 2 aromatic rings. The third-order valence-electron chi connectivity index (χ3n) is 4.26. The van der Waals surface area contributed by atoms with E-state index in [1.165, 1.54) is 36.4 Å². The minimum absolute atomic E-state index is 0.124. The van der Waals surface area contributed by atoms with Crippen molar-refractivity contribution in [1.29, 1.82) is 0 Å². The number of urea groups is 2. The Balaban J connectivity index is 1.25. The Hall–Kier alpha value is -4.41. The maximum absolute atomic E-state index is 12.1. The summed E-state index contributed by atoms with van der Waals surface area (Å²) in [6, 6.07) is 7.21. The molecule has 0 unspecified atom stereocenters. The zero-order valence-electron chi connectivity index (χ0n) is 15.7. The number of amides is 4. The fraction of sp³-hybridized carbons (Fsp3) is 0.150. The van der Waals surface area contributed by atoms with Gasteiger partial charge in [-0.2, -0.15) is 20.0 Å². The second-order valence-electron chi connectivity index (χ2n) is 6.42. The Morgan fingerprint density at radius 3 is 1.71 bits per heavy atom. The summed E-state index contributed by atoms with van der Waals surface area (Å²) in [4.78, 5) is 72.9. The summed E-state index contributed by atoms with van der Waals surface area (Å²) < 4.78 is 9.96. The predicted octanol–water partition coefficient (Wildman–Crippen LogP) is -0.595. The van der Waals surface area contributed by atoms with Crippen LogP contribution in [0.15, 0.2) is 56.4 Å². The molecule has 0 bridgehead atoms. The lowest BCUT2D eigenvalue weighted by atomic mass is 10.2. The van der Waals surface area contributed by atoms with Crippen LogP contribution in [0.25, 0.3) is 0 Å². The first-order valence-corrected chi connectivity index (χ1v) is 8.98. The van der Waals surface area contributed by atoms with Crippen molar-refractivity contribution >= 4 is 29.8 Å². The van der Waals surface area contributed by atoms with Gasteiger partial charge < -0.3 is 9.47 Å². The van der Waals surface area contributed by atoms with Crippen molar-refractivity contribution < 1.29 is 33.4 Å². The van der Waals surface area contributed by atoms with Crippen LogP contribution in [0.3, 0.4) is 0 Å². The monoisotopic (exact) mass is 420 g/mol. The number of ether oxygens (including phenoxy) is 2. The highest BCUT2D eigenvalue weighted by Crippen LogP contribution is 2.01. The molecule has 2 aromatic carbocycles. The zero-order valence-corrected chi connectivity index (χ0v) is 15.7. The zero-order chi connectivity index (χ0) is 22.0. The van der Waals surface area contributed by atoms with E-state index in [1.54, 1.807) is 0 Å². The molecule has 2 aliphatic rings. The third-order valence-corrected chi connectivity index (χ3v) is 4.26. The van der Waals surface area contributed by atoms with E-state index in [0.717, 1.165) is 0 Å². The molecule has 0 saturated carbocycles. The van der Waals surface area contributed by atoms with Crippen molar-refractivity contribution in [3.05, 3.63) is 69.0 Å². The highest BCUT2D eigenvalue weighted by Gasteiger charge is 2.15. The third kappa shape index (κ3) is 4.45. The van der Waals surface area contributed by atoms with Gasteiger partial charge in [-0.3, -0.25) is 4.79 Å². The van der Waals surface area contributed by atoms with Crippen LogP contribution in [0, 0.1) is 0 Å². The summed E-state index contributed by atoms with van der Waals surface area (Å²) in [7, 11) is 0. The van der Waals surface area contributed by atoms with E-state index in [4.69, 9.17) is 9.47 Å². The number of ketones is 1. The molecule has 31 heavy (non-hydrogen) atoms. The molecule has 0 saturated heterocycles. The van der Waals surface area contributed by atoms with Gasteiger partial charge in [0.15, 0.2) is 5.78 Å². The summed E-state index contributed by atoms with van der Waals surface area (Å²) in [5.41, 5.74) is 0.289. The first-order chi connectivity index (χ1) is 14.9. The van der Waals surface area contributed by atoms with Crippen molar-refractivity contribution in [2.45, 2.75) is 6.42 Å². The van der Waals surface area contributed by atoms with E-state index in [9.17, 15) is 24.0 Å². The Kier molecular flexibility index (Phi) is 5.22. The molecule has 2 aliphatic heterocycles. The van der Waals surface area contributed by atoms with Gasteiger partial charge in [0.25, 0.3) is 0 Å². The molecule has 11 nitrogen and oxygen atoms in total. The van der Waals surface area contributed by atoms with Gasteiger partial charge >= 0.3 is 24.0 Å². The maximum atomic E-state index is 12.1. The second kappa shape index (κ2) is 8.14. The SMILES string of the molecule is O=C(CCOC(=O)c1ccc2c(c1)=NC(=O)N=2)COC(=O)c1ccc2c(c1)=NC(=O)N=2. The van der Waals surface area contributed by atoms with Crippen LogP contribution in [-0.2, 0) is 14.3 Å². The molecule has 4 rings (SSSR count). The molecular formula is C20H12N4O7. The van der Waals surface area contributed by atoms with E-state index in [-0.39, 0.29) is 34.9 Å². The minimum Gasteiger partial charge on any atom is -0.462 e. The van der Waals surface area contributed by atoms with Crippen LogP contribution in [-0.4, -0.2) is 43.0 Å². The first kappa shape index (κ1) is 19.9. The van der Waals surface area contributed by atoms with Gasteiger partial charge in [-0.05, 0) is 36.4 Å². The number of carbonyl (C=O) groups is 5. The molecular weight excluding hydrogens is 408 g/mol. The van der Waals surface area contributed by atoms with Gasteiger partial charge in [-0.1, -0.05) is 0 Å². The Morgan fingerprint density at radius 1 is 0.677 bits per heavy atom. The number of nitrogens with zero attached hydrogens (tertiary/aromatic N) is 4. The Bertz CT molecular complexity index is 1410. The van der Waals surface area contributed by atoms with Crippen molar-refractivity contribution in [3.63, 3.8) is 0 Å². The molecule has 0 aliphatic carbocycles. The van der Waals surface area contributed by atoms with Gasteiger partial charge in [0.1, 0.15) is 6.61 Å². The minimum atomic E-state index is -0.760. The molecule has 4 amide bonds. The standard InChI is InChI=1S/C20H12N4O7/c25-12(9-31-18(27)11-2-4-14-16(8-11)24-20(29)22-14)5-6-30-17(26)10-1-3-13-15(7-10)23-19(28)21-13/h1-4,7-8H,5-6,9H2. The van der Waals surface area contributed by atoms with Gasteiger partial charge in [-0.15, -0.1) is 0 Å². The van der Waals surface area contributed by atoms with E-state index < -0.39 is 36.4 Å². The molecule has 0 aromatic heterocycles. The summed E-state index contributed by atoms with van der Waals surface area (Å²) in [5, 5.41) is 1.27. The van der Waals surface area contributed by atoms with Crippen LogP contribution in [0.5, 0.6) is 0 Å². The van der Waals surface area contributed by atoms with E-state index >= 15 is 0 Å². The second-order valence-corrected chi connectivity index (χ2v) is 6.42. The molecule has 0 atom stereocenters. The lowest BCUT2D eigenvalue weighted by Crippen LogP contribution is -2.24. The topological polar surface area (TPSA) is 153 Å². The summed E-state index contributed by atoms with van der Waals surface area (Å²) in [5.74, 6) is -1.90. The van der Waals surface area contributed by atoms with Crippen LogP contribution >= 0.6 is 0 Å². The average Bonchev–Trinajstić information content (AvgIpc) is 3.30. The van der Waals surface area contributed by atoms with Gasteiger partial charge in [0, 0.05) is 6.42 Å². The summed E-state index contributed by atoms with van der Waals surface area (Å²) in [6.45, 7) is -0.719. The van der Waals surface area contributed by atoms with Crippen LogP contribution in [0.2, 0.25) is 0 Å². The molecule has 154 valence electrons. The van der Waals surface area contributed by atoms with Crippen molar-refractivity contribution in [2.75, 3.05) is 13.2 Å². The van der Waals surface area contributed by atoms with Crippen LogP contribution in [0.4, 0.5) is 9.59 Å². The Morgan fingerprint density at radius 2 is 1.16 bits per heavy atom. The first-order valence-electron chi connectivity index (χ1n) is 8.98. The predicted molar refractivity (Wildman–Crippen MR) is 98.5 cm³/mol. The average molecular weight is 420 g/mol. The highest BCUT2D eigenvalue weighted by atomic mass is 16.5. The molecule has 0 N–H and O–H groups in total. The summed E-state index contributed by atoms with van der Waals surface area (Å²) >= 11 is 0. The molecule has 0 radical (unpaired) electrons. The number of benzene rings is 2. The number of esters is 2. The van der Waals surface area contributed by atoms with Crippen molar-refractivity contribution in [2.24, 2.45) is 20.0 Å². The van der Waals surface area contributed by atoms with Crippen molar-refractivity contribution in [3.8, 4) is 0 Å². The number of Topliss-reactive ketones (excluding diaryl/α,β-unsaturated/α-hetero) is 1. The normalized spacial score (nSPS) is 13.2. The summed E-state index contributed by atoms with van der Waals surface area (Å²) in [6.07, 6.45) is -0.158. The van der Waals surface area contributed by atoms with Crippen LogP contribution in [0.1, 0.15) is 27.1 Å². The smallest absolute Gasteiger partial charge is 0.368 e. The Labute approximate surface area is 172 Å². The highest BCUT2D eigenvalue weighted by molar-refractivity contribution is 5.92. The van der Waals surface area contributed by atoms with Crippen LogP contribution < -0.4 is 21.4 Å². The number of fused-ring (bicyclic) bond motifs is 2. The largest absolute Gasteiger partial charge is 0.462 e. The van der Waals surface area contributed by atoms with Gasteiger partial charge in [0.05, 0.1) is 39.2 Å². The van der Waals surface area contributed by atoms with Gasteiger partial charge in [0.2, 0.25) is 0 Å². The maximum Gasteiger partial charge on any atom is 0.368 e. The molecule has 2 heterocycles. The fourth-order valence-corrected chi connectivity index (χ4v) is 2.77. The number of rotatable bonds is 7. The lowest BCUT2D eigenvalue weighted by molar-refractivity contribution is -0.122. The molecule has 0 spiro atoms. The molecule has 0 fully saturated rings.